The molecule has 5 rings (SSSR count). The van der Waals surface area contributed by atoms with Crippen molar-refractivity contribution in [1.82, 2.24) is 9.80 Å². The van der Waals surface area contributed by atoms with Crippen molar-refractivity contribution >= 4 is 0 Å². The van der Waals surface area contributed by atoms with Crippen LogP contribution >= 0.6 is 0 Å². The molecule has 1 aliphatic heterocycles. The molecule has 4 heteroatoms. The van der Waals surface area contributed by atoms with Crippen LogP contribution in [0.1, 0.15) is 65.7 Å². The van der Waals surface area contributed by atoms with Crippen LogP contribution in [0, 0.1) is 40.4 Å². The maximum absolute atomic E-state index is 12.2. The number of aliphatic hydroxyl groups excluding tert-OH is 1. The van der Waals surface area contributed by atoms with Crippen LogP contribution in [0.15, 0.2) is 0 Å². The van der Waals surface area contributed by atoms with E-state index in [-0.39, 0.29) is 17.4 Å². The standard InChI is InChI=1S/C25H44N2O2/c1-15-20(26(4)5)10-11-23(3)18-9-12-24-14-27(6)16(2)17(24)7-8-19(24)22(18)21(28)13-25(15,23)29/h15-22,28-29H,7-14H2,1-6H3. The van der Waals surface area contributed by atoms with Crippen LogP contribution in [0.25, 0.3) is 0 Å². The van der Waals surface area contributed by atoms with Crippen LogP contribution in [0.3, 0.4) is 0 Å². The molecule has 5 aliphatic rings. The molecule has 2 N–H and O–H groups in total. The Morgan fingerprint density at radius 3 is 2.34 bits per heavy atom. The summed E-state index contributed by atoms with van der Waals surface area (Å²) in [6, 6.07) is 1.09. The molecule has 11 unspecified atom stereocenters. The first-order valence-electron chi connectivity index (χ1n) is 12.3. The lowest BCUT2D eigenvalue weighted by atomic mass is 9.40. The van der Waals surface area contributed by atoms with Crippen LogP contribution in [0.5, 0.6) is 0 Å². The van der Waals surface area contributed by atoms with Gasteiger partial charge in [-0.15, -0.1) is 0 Å². The first kappa shape index (κ1) is 20.7. The van der Waals surface area contributed by atoms with Gasteiger partial charge in [0.15, 0.2) is 0 Å². The molecule has 0 aromatic heterocycles. The summed E-state index contributed by atoms with van der Waals surface area (Å²) >= 11 is 0. The third-order valence-corrected chi connectivity index (χ3v) is 11.7. The maximum atomic E-state index is 12.2. The number of aliphatic hydroxyl groups is 2. The summed E-state index contributed by atoms with van der Waals surface area (Å²) in [4.78, 5) is 4.89. The van der Waals surface area contributed by atoms with Crippen molar-refractivity contribution in [3.05, 3.63) is 0 Å². The van der Waals surface area contributed by atoms with E-state index >= 15 is 0 Å². The second-order valence-corrected chi connectivity index (χ2v) is 12.4. The zero-order chi connectivity index (χ0) is 20.9. The van der Waals surface area contributed by atoms with Gasteiger partial charge < -0.3 is 20.0 Å². The summed E-state index contributed by atoms with van der Waals surface area (Å²) in [5.74, 6) is 2.52. The van der Waals surface area contributed by atoms with Crippen LogP contribution in [0.2, 0.25) is 0 Å². The number of hydrogen-bond acceptors (Lipinski definition) is 4. The molecule has 4 saturated carbocycles. The highest BCUT2D eigenvalue weighted by Gasteiger charge is 2.70. The second-order valence-electron chi connectivity index (χ2n) is 12.4. The van der Waals surface area contributed by atoms with Gasteiger partial charge in [0.1, 0.15) is 0 Å². The SMILES string of the molecule is CC1C2CCC3C4C(O)CC5(O)C(C)C(N(C)C)CCC5(C)C4CCC32CN1C. The van der Waals surface area contributed by atoms with E-state index in [1.807, 2.05) is 0 Å². The van der Waals surface area contributed by atoms with Crippen molar-refractivity contribution in [2.75, 3.05) is 27.7 Å². The highest BCUT2D eigenvalue weighted by molar-refractivity contribution is 5.20. The Bertz CT molecular complexity index is 669. The summed E-state index contributed by atoms with van der Waals surface area (Å²) < 4.78 is 0. The van der Waals surface area contributed by atoms with Crippen molar-refractivity contribution in [2.45, 2.75) is 89.5 Å². The zero-order valence-corrected chi connectivity index (χ0v) is 19.6. The summed E-state index contributed by atoms with van der Waals surface area (Å²) in [6.45, 7) is 8.29. The highest BCUT2D eigenvalue weighted by atomic mass is 16.3. The molecule has 29 heavy (non-hydrogen) atoms. The van der Waals surface area contributed by atoms with E-state index < -0.39 is 5.60 Å². The van der Waals surface area contributed by atoms with Crippen molar-refractivity contribution in [3.8, 4) is 0 Å². The van der Waals surface area contributed by atoms with Gasteiger partial charge in [0.05, 0.1) is 11.7 Å². The van der Waals surface area contributed by atoms with Gasteiger partial charge in [-0.2, -0.15) is 0 Å². The lowest BCUT2D eigenvalue weighted by molar-refractivity contribution is -0.263. The minimum Gasteiger partial charge on any atom is -0.393 e. The molecule has 4 aliphatic carbocycles. The van der Waals surface area contributed by atoms with Gasteiger partial charge in [0, 0.05) is 31.0 Å². The molecule has 0 bridgehead atoms. The average molecular weight is 405 g/mol. The molecule has 0 amide bonds. The van der Waals surface area contributed by atoms with E-state index in [9.17, 15) is 10.2 Å². The molecule has 1 saturated heterocycles. The van der Waals surface area contributed by atoms with Gasteiger partial charge in [0.25, 0.3) is 0 Å². The van der Waals surface area contributed by atoms with Crippen LogP contribution in [-0.2, 0) is 0 Å². The second kappa shape index (κ2) is 6.43. The number of nitrogens with zero attached hydrogens (tertiary/aromatic N) is 2. The number of fused-ring (bicyclic) bond motifs is 4. The molecular weight excluding hydrogens is 360 g/mol. The van der Waals surface area contributed by atoms with Crippen molar-refractivity contribution in [2.24, 2.45) is 40.4 Å². The number of rotatable bonds is 1. The Hall–Kier alpha value is -0.160. The summed E-state index contributed by atoms with van der Waals surface area (Å²) in [7, 11) is 6.61. The smallest absolute Gasteiger partial charge is 0.0768 e. The first-order valence-corrected chi connectivity index (χ1v) is 12.3. The average Bonchev–Trinajstić information content (AvgIpc) is 3.12. The van der Waals surface area contributed by atoms with Gasteiger partial charge in [-0.1, -0.05) is 13.8 Å². The molecule has 1 spiro atoms. The van der Waals surface area contributed by atoms with Crippen molar-refractivity contribution < 1.29 is 10.2 Å². The van der Waals surface area contributed by atoms with E-state index in [1.165, 1.54) is 38.6 Å². The normalized spacial score (nSPS) is 59.9. The maximum Gasteiger partial charge on any atom is 0.0768 e. The van der Waals surface area contributed by atoms with Crippen LogP contribution in [0.4, 0.5) is 0 Å². The third kappa shape index (κ3) is 2.41. The first-order chi connectivity index (χ1) is 13.6. The lowest BCUT2D eigenvalue weighted by Gasteiger charge is -2.67. The number of likely N-dealkylation sites (tertiary alicyclic amines) is 1. The monoisotopic (exact) mass is 404 g/mol. The Kier molecular flexibility index (Phi) is 4.60. The van der Waals surface area contributed by atoms with Gasteiger partial charge in [-0.3, -0.25) is 0 Å². The molecule has 11 atom stereocenters. The van der Waals surface area contributed by atoms with E-state index in [2.05, 4.69) is 51.7 Å². The summed E-state index contributed by atoms with van der Waals surface area (Å²) in [6.07, 6.45) is 7.66. The lowest BCUT2D eigenvalue weighted by Crippen LogP contribution is -2.70. The molecule has 0 aromatic rings. The molecular formula is C25H44N2O2. The van der Waals surface area contributed by atoms with E-state index in [1.54, 1.807) is 0 Å². The predicted octanol–water partition coefficient (Wildman–Crippen LogP) is 3.22. The van der Waals surface area contributed by atoms with Crippen molar-refractivity contribution in [1.29, 1.82) is 0 Å². The van der Waals surface area contributed by atoms with Gasteiger partial charge in [0.2, 0.25) is 0 Å². The van der Waals surface area contributed by atoms with Gasteiger partial charge in [-0.25, -0.2) is 0 Å². The fourth-order valence-electron chi connectivity index (χ4n) is 10.1. The fourth-order valence-corrected chi connectivity index (χ4v) is 10.1. The highest BCUT2D eigenvalue weighted by Crippen LogP contribution is 2.70. The van der Waals surface area contributed by atoms with Crippen molar-refractivity contribution in [3.63, 3.8) is 0 Å². The Morgan fingerprint density at radius 2 is 1.66 bits per heavy atom. The van der Waals surface area contributed by atoms with E-state index in [4.69, 9.17) is 0 Å². The Labute approximate surface area is 178 Å². The molecule has 166 valence electrons. The molecule has 5 fully saturated rings. The Morgan fingerprint density at radius 1 is 0.966 bits per heavy atom. The molecule has 0 aromatic carbocycles. The topological polar surface area (TPSA) is 46.9 Å². The zero-order valence-electron chi connectivity index (χ0n) is 19.6. The molecule has 1 heterocycles. The third-order valence-electron chi connectivity index (χ3n) is 11.7. The largest absolute Gasteiger partial charge is 0.393 e. The fraction of sp³-hybridized carbons (Fsp3) is 1.00. The van der Waals surface area contributed by atoms with E-state index in [0.717, 1.165) is 12.3 Å². The van der Waals surface area contributed by atoms with Crippen LogP contribution < -0.4 is 0 Å². The molecule has 0 radical (unpaired) electrons. The van der Waals surface area contributed by atoms with Crippen LogP contribution in [-0.4, -0.2) is 71.5 Å². The minimum absolute atomic E-state index is 0.0569. The van der Waals surface area contributed by atoms with Gasteiger partial charge in [-0.05, 0) is 101 Å². The summed E-state index contributed by atoms with van der Waals surface area (Å²) in [5.41, 5.74) is -0.379. The number of hydrogen-bond donors (Lipinski definition) is 2. The van der Waals surface area contributed by atoms with Gasteiger partial charge >= 0.3 is 0 Å². The Balaban J connectivity index is 1.51. The summed E-state index contributed by atoms with van der Waals surface area (Å²) in [5, 5.41) is 23.7. The van der Waals surface area contributed by atoms with E-state index in [0.29, 0.717) is 41.7 Å². The minimum atomic E-state index is -0.747. The molecule has 4 nitrogen and oxygen atoms in total. The quantitative estimate of drug-likeness (QED) is 0.704. The predicted molar refractivity (Wildman–Crippen MR) is 117 cm³/mol.